The normalized spacial score (nSPS) is 14.1. The lowest BCUT2D eigenvalue weighted by molar-refractivity contribution is 0.102. The number of carbonyl (C=O) groups excluding carboxylic acids is 1. The van der Waals surface area contributed by atoms with Crippen molar-refractivity contribution >= 4 is 17.3 Å². The van der Waals surface area contributed by atoms with E-state index in [9.17, 15) is 18.0 Å². The second-order valence-corrected chi connectivity index (χ2v) is 5.30. The van der Waals surface area contributed by atoms with E-state index in [1.54, 1.807) is 12.3 Å². The van der Waals surface area contributed by atoms with Crippen LogP contribution in [0.15, 0.2) is 30.6 Å². The Morgan fingerprint density at radius 3 is 2.57 bits per heavy atom. The van der Waals surface area contributed by atoms with Crippen molar-refractivity contribution in [1.29, 1.82) is 0 Å². The number of nitrogens with one attached hydrogen (secondary N) is 1. The summed E-state index contributed by atoms with van der Waals surface area (Å²) in [6.45, 7) is 1.79. The van der Waals surface area contributed by atoms with E-state index in [0.29, 0.717) is 0 Å². The van der Waals surface area contributed by atoms with Gasteiger partial charge >= 0.3 is 0 Å². The Morgan fingerprint density at radius 2 is 1.83 bits per heavy atom. The van der Waals surface area contributed by atoms with Crippen LogP contribution in [0.25, 0.3) is 0 Å². The summed E-state index contributed by atoms with van der Waals surface area (Å²) < 4.78 is 39.7. The van der Waals surface area contributed by atoms with E-state index in [0.717, 1.165) is 43.8 Å². The van der Waals surface area contributed by atoms with Gasteiger partial charge in [-0.05, 0) is 31.0 Å². The van der Waals surface area contributed by atoms with E-state index in [4.69, 9.17) is 0 Å². The topological polar surface area (TPSA) is 45.2 Å². The minimum atomic E-state index is -1.62. The Balaban J connectivity index is 1.81. The molecule has 1 N–H and O–H groups in total. The molecule has 2 heterocycles. The highest BCUT2D eigenvalue weighted by Crippen LogP contribution is 2.22. The lowest BCUT2D eigenvalue weighted by Crippen LogP contribution is -2.19. The molecule has 1 aliphatic heterocycles. The molecule has 1 amide bonds. The molecule has 3 rings (SSSR count). The van der Waals surface area contributed by atoms with Gasteiger partial charge in [-0.2, -0.15) is 0 Å². The fourth-order valence-corrected chi connectivity index (χ4v) is 2.52. The third kappa shape index (κ3) is 3.13. The molecule has 120 valence electrons. The maximum absolute atomic E-state index is 13.6. The molecule has 0 radical (unpaired) electrons. The van der Waals surface area contributed by atoms with Gasteiger partial charge < -0.3 is 10.2 Å². The number of rotatable bonds is 3. The molecule has 23 heavy (non-hydrogen) atoms. The largest absolute Gasteiger partial charge is 0.370 e. The lowest BCUT2D eigenvalue weighted by atomic mass is 10.2. The van der Waals surface area contributed by atoms with Crippen molar-refractivity contribution in [1.82, 2.24) is 4.98 Å². The number of halogens is 3. The molecular weight excluding hydrogens is 307 g/mol. The molecule has 7 heteroatoms. The van der Waals surface area contributed by atoms with E-state index >= 15 is 0 Å². The number of amides is 1. The first-order valence-electron chi connectivity index (χ1n) is 7.21. The number of anilines is 2. The van der Waals surface area contributed by atoms with Gasteiger partial charge in [0.25, 0.3) is 5.91 Å². The van der Waals surface area contributed by atoms with Gasteiger partial charge in [0.05, 0.1) is 23.1 Å². The number of aromatic nitrogens is 1. The van der Waals surface area contributed by atoms with E-state index in [-0.39, 0.29) is 5.56 Å². The highest BCUT2D eigenvalue weighted by Gasteiger charge is 2.18. The number of carbonyl (C=O) groups is 1. The highest BCUT2D eigenvalue weighted by molar-refractivity contribution is 6.04. The summed E-state index contributed by atoms with van der Waals surface area (Å²) in [5.41, 5.74) is 0.611. The molecular formula is C16H14F3N3O. The van der Waals surface area contributed by atoms with Crippen molar-refractivity contribution in [2.75, 3.05) is 23.3 Å². The Morgan fingerprint density at radius 1 is 1.09 bits per heavy atom. The molecule has 0 aliphatic carbocycles. The number of pyridine rings is 1. The second-order valence-electron chi connectivity index (χ2n) is 5.30. The molecule has 0 bridgehead atoms. The number of nitrogens with zero attached hydrogens (tertiary/aromatic N) is 2. The maximum atomic E-state index is 13.6. The summed E-state index contributed by atoms with van der Waals surface area (Å²) in [6.07, 6.45) is 5.15. The van der Waals surface area contributed by atoms with Gasteiger partial charge in [0.1, 0.15) is 0 Å². The summed E-state index contributed by atoms with van der Waals surface area (Å²) in [5.74, 6) is -4.99. The van der Waals surface area contributed by atoms with Crippen LogP contribution in [0.3, 0.4) is 0 Å². The van der Waals surface area contributed by atoms with Gasteiger partial charge in [-0.1, -0.05) is 0 Å². The van der Waals surface area contributed by atoms with E-state index in [2.05, 4.69) is 15.2 Å². The molecule has 1 fully saturated rings. The first-order valence-corrected chi connectivity index (χ1v) is 7.21. The molecule has 2 aromatic rings. The lowest BCUT2D eigenvalue weighted by Gasteiger charge is -2.17. The third-order valence-electron chi connectivity index (χ3n) is 3.74. The van der Waals surface area contributed by atoms with Crippen LogP contribution in [0, 0.1) is 17.5 Å². The summed E-state index contributed by atoms with van der Waals surface area (Å²) in [4.78, 5) is 18.3. The van der Waals surface area contributed by atoms with Gasteiger partial charge in [0.15, 0.2) is 17.5 Å². The number of hydrogen-bond acceptors (Lipinski definition) is 3. The highest BCUT2D eigenvalue weighted by atomic mass is 19.2. The Bertz CT molecular complexity index is 745. The van der Waals surface area contributed by atoms with Crippen LogP contribution in [0.1, 0.15) is 23.2 Å². The van der Waals surface area contributed by atoms with Gasteiger partial charge in [-0.25, -0.2) is 13.2 Å². The molecule has 1 saturated heterocycles. The standard InChI is InChI=1S/C16H14F3N3O/c17-12-3-4-13(15(19)14(12)18)21-16(23)10-7-11(9-20-8-10)22-5-1-2-6-22/h3-4,7-9H,1-2,5-6H2,(H,21,23). The fourth-order valence-electron chi connectivity index (χ4n) is 2.52. The van der Waals surface area contributed by atoms with Gasteiger partial charge in [0, 0.05) is 19.3 Å². The maximum Gasteiger partial charge on any atom is 0.257 e. The molecule has 4 nitrogen and oxygen atoms in total. The minimum absolute atomic E-state index is 0.221. The molecule has 1 aliphatic rings. The van der Waals surface area contributed by atoms with E-state index in [1.165, 1.54) is 6.20 Å². The predicted octanol–water partition coefficient (Wildman–Crippen LogP) is 3.35. The molecule has 0 unspecified atom stereocenters. The van der Waals surface area contributed by atoms with Crippen molar-refractivity contribution < 1.29 is 18.0 Å². The van der Waals surface area contributed by atoms with Gasteiger partial charge in [-0.15, -0.1) is 0 Å². The van der Waals surface area contributed by atoms with Gasteiger partial charge in [-0.3, -0.25) is 9.78 Å². The zero-order chi connectivity index (χ0) is 16.4. The molecule has 1 aromatic heterocycles. The quantitative estimate of drug-likeness (QED) is 0.882. The monoisotopic (exact) mass is 321 g/mol. The summed E-state index contributed by atoms with van der Waals surface area (Å²) in [7, 11) is 0. The molecule has 0 atom stereocenters. The number of benzene rings is 1. The van der Waals surface area contributed by atoms with Crippen LogP contribution < -0.4 is 10.2 Å². The van der Waals surface area contributed by atoms with Gasteiger partial charge in [0.2, 0.25) is 0 Å². The molecule has 0 saturated carbocycles. The summed E-state index contributed by atoms with van der Waals surface area (Å²) in [5, 5.41) is 2.23. The van der Waals surface area contributed by atoms with Crippen LogP contribution in [-0.2, 0) is 0 Å². The second kappa shape index (κ2) is 6.28. The van der Waals surface area contributed by atoms with Crippen LogP contribution in [0.4, 0.5) is 24.5 Å². The van der Waals surface area contributed by atoms with Crippen LogP contribution >= 0.6 is 0 Å². The Labute approximate surface area is 130 Å². The number of hydrogen-bond donors (Lipinski definition) is 1. The third-order valence-corrected chi connectivity index (χ3v) is 3.74. The summed E-state index contributed by atoms with van der Waals surface area (Å²) >= 11 is 0. The van der Waals surface area contributed by atoms with Crippen molar-refractivity contribution in [3.8, 4) is 0 Å². The fraction of sp³-hybridized carbons (Fsp3) is 0.250. The first-order chi connectivity index (χ1) is 11.1. The molecule has 1 aromatic carbocycles. The SMILES string of the molecule is O=C(Nc1ccc(F)c(F)c1F)c1cncc(N2CCCC2)c1. The average Bonchev–Trinajstić information content (AvgIpc) is 3.10. The average molecular weight is 321 g/mol. The zero-order valence-electron chi connectivity index (χ0n) is 12.2. The van der Waals surface area contributed by atoms with E-state index < -0.39 is 29.0 Å². The Hall–Kier alpha value is -2.57. The first kappa shape index (κ1) is 15.3. The smallest absolute Gasteiger partial charge is 0.257 e. The summed E-state index contributed by atoms with van der Waals surface area (Å²) in [6, 6.07) is 3.38. The van der Waals surface area contributed by atoms with Crippen LogP contribution in [0.5, 0.6) is 0 Å². The zero-order valence-corrected chi connectivity index (χ0v) is 12.2. The van der Waals surface area contributed by atoms with Crippen molar-refractivity contribution in [3.63, 3.8) is 0 Å². The van der Waals surface area contributed by atoms with Crippen molar-refractivity contribution in [2.45, 2.75) is 12.8 Å². The Kier molecular flexibility index (Phi) is 4.18. The molecule has 0 spiro atoms. The van der Waals surface area contributed by atoms with Crippen molar-refractivity contribution in [2.24, 2.45) is 0 Å². The van der Waals surface area contributed by atoms with Crippen molar-refractivity contribution in [3.05, 3.63) is 53.6 Å². The van der Waals surface area contributed by atoms with E-state index in [1.807, 2.05) is 0 Å². The van der Waals surface area contributed by atoms with Crippen LogP contribution in [-0.4, -0.2) is 24.0 Å². The van der Waals surface area contributed by atoms with Crippen LogP contribution in [0.2, 0.25) is 0 Å². The predicted molar refractivity (Wildman–Crippen MR) is 80.0 cm³/mol. The minimum Gasteiger partial charge on any atom is -0.370 e.